The fraction of sp³-hybridized carbons (Fsp3) is 0.462. The molecule has 1 aromatic rings. The molecular formula is C13H17ClO3. The third-order valence-electron chi connectivity index (χ3n) is 2.80. The molecular weight excluding hydrogens is 240 g/mol. The third kappa shape index (κ3) is 3.13. The van der Waals surface area contributed by atoms with Crippen molar-refractivity contribution in [1.82, 2.24) is 0 Å². The van der Waals surface area contributed by atoms with Gasteiger partial charge in [-0.1, -0.05) is 25.4 Å². The molecule has 1 N–H and O–H groups in total. The maximum Gasteiger partial charge on any atom is 0.304 e. The number of benzene rings is 1. The van der Waals surface area contributed by atoms with Crippen LogP contribution in [0.1, 0.15) is 31.4 Å². The normalized spacial score (nSPS) is 11.4. The summed E-state index contributed by atoms with van der Waals surface area (Å²) in [6.07, 6.45) is 0.0305. The minimum Gasteiger partial charge on any atom is -0.496 e. The Balaban J connectivity index is 3.28. The van der Waals surface area contributed by atoms with Gasteiger partial charge in [0.15, 0.2) is 0 Å². The number of halogens is 1. The molecule has 0 unspecified atom stereocenters. The molecule has 0 aromatic heterocycles. The molecule has 17 heavy (non-hydrogen) atoms. The predicted molar refractivity (Wildman–Crippen MR) is 68.0 cm³/mol. The second-order valence-electron chi connectivity index (χ2n) is 4.76. The molecule has 0 saturated heterocycles. The lowest BCUT2D eigenvalue weighted by Crippen LogP contribution is -2.22. The number of aryl methyl sites for hydroxylation is 1. The molecule has 0 aliphatic rings. The van der Waals surface area contributed by atoms with E-state index in [0.29, 0.717) is 10.8 Å². The van der Waals surface area contributed by atoms with Crippen molar-refractivity contribution in [2.75, 3.05) is 7.11 Å². The lowest BCUT2D eigenvalue weighted by Gasteiger charge is -2.26. The van der Waals surface area contributed by atoms with E-state index in [0.717, 1.165) is 11.1 Å². The van der Waals surface area contributed by atoms with Gasteiger partial charge in [-0.25, -0.2) is 0 Å². The van der Waals surface area contributed by atoms with Crippen LogP contribution in [0.4, 0.5) is 0 Å². The Hall–Kier alpha value is -1.22. The molecule has 4 heteroatoms. The lowest BCUT2D eigenvalue weighted by atomic mass is 9.80. The Morgan fingerprint density at radius 3 is 2.53 bits per heavy atom. The van der Waals surface area contributed by atoms with Crippen molar-refractivity contribution in [3.8, 4) is 5.75 Å². The van der Waals surface area contributed by atoms with Gasteiger partial charge in [0.1, 0.15) is 5.75 Å². The second kappa shape index (κ2) is 4.96. The number of hydrogen-bond acceptors (Lipinski definition) is 2. The summed E-state index contributed by atoms with van der Waals surface area (Å²) in [4.78, 5) is 10.9. The Morgan fingerprint density at radius 2 is 2.06 bits per heavy atom. The SMILES string of the molecule is COc1cc(C)c(Cl)cc1C(C)(C)CC(=O)O. The third-order valence-corrected chi connectivity index (χ3v) is 3.21. The predicted octanol–water partition coefficient (Wildman–Crippen LogP) is 3.41. The molecule has 0 fully saturated rings. The van der Waals surface area contributed by atoms with E-state index in [4.69, 9.17) is 21.4 Å². The number of methoxy groups -OCH3 is 1. The number of aliphatic carboxylic acids is 1. The van der Waals surface area contributed by atoms with Crippen LogP contribution in [-0.2, 0) is 10.2 Å². The summed E-state index contributed by atoms with van der Waals surface area (Å²) >= 11 is 6.08. The minimum atomic E-state index is -0.839. The number of rotatable bonds is 4. The van der Waals surface area contributed by atoms with Crippen molar-refractivity contribution in [3.05, 3.63) is 28.3 Å². The standard InChI is InChI=1S/C13H17ClO3/c1-8-5-11(17-4)9(6-10(8)14)13(2,3)7-12(15)16/h5-6H,7H2,1-4H3,(H,15,16). The monoisotopic (exact) mass is 256 g/mol. The summed E-state index contributed by atoms with van der Waals surface area (Å²) in [7, 11) is 1.57. The molecule has 0 atom stereocenters. The zero-order valence-electron chi connectivity index (χ0n) is 10.5. The van der Waals surface area contributed by atoms with Gasteiger partial charge >= 0.3 is 5.97 Å². The second-order valence-corrected chi connectivity index (χ2v) is 5.16. The van der Waals surface area contributed by atoms with E-state index in [1.807, 2.05) is 26.8 Å². The van der Waals surface area contributed by atoms with E-state index < -0.39 is 11.4 Å². The van der Waals surface area contributed by atoms with E-state index >= 15 is 0 Å². The van der Waals surface area contributed by atoms with Crippen molar-refractivity contribution in [2.24, 2.45) is 0 Å². The molecule has 1 aromatic carbocycles. The van der Waals surface area contributed by atoms with Crippen LogP contribution in [0, 0.1) is 6.92 Å². The highest BCUT2D eigenvalue weighted by atomic mass is 35.5. The first kappa shape index (κ1) is 13.8. The summed E-state index contributed by atoms with van der Waals surface area (Å²) in [6, 6.07) is 3.62. The van der Waals surface area contributed by atoms with Crippen LogP contribution < -0.4 is 4.74 Å². The average Bonchev–Trinajstić information content (AvgIpc) is 2.19. The van der Waals surface area contributed by atoms with Gasteiger partial charge in [-0.05, 0) is 24.6 Å². The number of hydrogen-bond donors (Lipinski definition) is 1. The quantitative estimate of drug-likeness (QED) is 0.898. The van der Waals surface area contributed by atoms with Crippen LogP contribution in [0.2, 0.25) is 5.02 Å². The highest BCUT2D eigenvalue weighted by Crippen LogP contribution is 2.37. The van der Waals surface area contributed by atoms with Gasteiger partial charge in [-0.3, -0.25) is 4.79 Å². The van der Waals surface area contributed by atoms with Crippen LogP contribution in [0.25, 0.3) is 0 Å². The Labute approximate surface area is 106 Å². The largest absolute Gasteiger partial charge is 0.496 e. The lowest BCUT2D eigenvalue weighted by molar-refractivity contribution is -0.138. The van der Waals surface area contributed by atoms with Gasteiger partial charge in [-0.2, -0.15) is 0 Å². The Bertz CT molecular complexity index is 439. The molecule has 0 spiro atoms. The molecule has 0 radical (unpaired) electrons. The van der Waals surface area contributed by atoms with Gasteiger partial charge in [0.2, 0.25) is 0 Å². The molecule has 3 nitrogen and oxygen atoms in total. The molecule has 0 heterocycles. The van der Waals surface area contributed by atoms with Gasteiger partial charge in [0.05, 0.1) is 13.5 Å². The zero-order valence-corrected chi connectivity index (χ0v) is 11.3. The Kier molecular flexibility index (Phi) is 4.04. The summed E-state index contributed by atoms with van der Waals surface area (Å²) in [5.41, 5.74) is 1.21. The number of carboxylic acids is 1. The van der Waals surface area contributed by atoms with Crippen LogP contribution in [0.5, 0.6) is 5.75 Å². The van der Waals surface area contributed by atoms with Gasteiger partial charge in [0.25, 0.3) is 0 Å². The molecule has 94 valence electrons. The number of carbonyl (C=O) groups is 1. The zero-order chi connectivity index (χ0) is 13.2. The molecule has 0 aliphatic heterocycles. The number of carboxylic acid groups (broad SMARTS) is 1. The van der Waals surface area contributed by atoms with Gasteiger partial charge in [-0.15, -0.1) is 0 Å². The Morgan fingerprint density at radius 1 is 1.47 bits per heavy atom. The molecule has 0 saturated carbocycles. The summed E-state index contributed by atoms with van der Waals surface area (Å²) in [6.45, 7) is 5.62. The van der Waals surface area contributed by atoms with E-state index in [1.165, 1.54) is 0 Å². The van der Waals surface area contributed by atoms with Gasteiger partial charge < -0.3 is 9.84 Å². The molecule has 0 aliphatic carbocycles. The van der Waals surface area contributed by atoms with E-state index in [-0.39, 0.29) is 6.42 Å². The van der Waals surface area contributed by atoms with Crippen molar-refractivity contribution in [1.29, 1.82) is 0 Å². The van der Waals surface area contributed by atoms with Crippen molar-refractivity contribution in [2.45, 2.75) is 32.6 Å². The molecule has 0 amide bonds. The molecule has 0 bridgehead atoms. The summed E-state index contributed by atoms with van der Waals surface area (Å²) in [5.74, 6) is -0.160. The highest BCUT2D eigenvalue weighted by Gasteiger charge is 2.28. The van der Waals surface area contributed by atoms with Crippen molar-refractivity contribution in [3.63, 3.8) is 0 Å². The first-order valence-corrected chi connectivity index (χ1v) is 5.72. The maximum atomic E-state index is 10.9. The first-order chi connectivity index (χ1) is 7.77. The minimum absolute atomic E-state index is 0.0305. The highest BCUT2D eigenvalue weighted by molar-refractivity contribution is 6.31. The summed E-state index contributed by atoms with van der Waals surface area (Å²) in [5, 5.41) is 9.55. The summed E-state index contributed by atoms with van der Waals surface area (Å²) < 4.78 is 5.30. The van der Waals surface area contributed by atoms with E-state index in [1.54, 1.807) is 13.2 Å². The fourth-order valence-corrected chi connectivity index (χ4v) is 1.99. The average molecular weight is 257 g/mol. The van der Waals surface area contributed by atoms with Crippen LogP contribution in [-0.4, -0.2) is 18.2 Å². The van der Waals surface area contributed by atoms with Crippen LogP contribution in [0.3, 0.4) is 0 Å². The topological polar surface area (TPSA) is 46.5 Å². The van der Waals surface area contributed by atoms with Gasteiger partial charge in [0, 0.05) is 16.0 Å². The smallest absolute Gasteiger partial charge is 0.304 e. The van der Waals surface area contributed by atoms with Crippen molar-refractivity contribution >= 4 is 17.6 Å². The fourth-order valence-electron chi connectivity index (χ4n) is 1.83. The van der Waals surface area contributed by atoms with E-state index in [2.05, 4.69) is 0 Å². The van der Waals surface area contributed by atoms with Crippen LogP contribution in [0.15, 0.2) is 12.1 Å². The van der Waals surface area contributed by atoms with E-state index in [9.17, 15) is 4.79 Å². The maximum absolute atomic E-state index is 10.9. The molecule has 1 rings (SSSR count). The van der Waals surface area contributed by atoms with Crippen LogP contribution >= 0.6 is 11.6 Å². The number of ether oxygens (including phenoxy) is 1. The van der Waals surface area contributed by atoms with Crippen molar-refractivity contribution < 1.29 is 14.6 Å². The first-order valence-electron chi connectivity index (χ1n) is 5.34.